The van der Waals surface area contributed by atoms with Crippen LogP contribution >= 0.6 is 27.7 Å². The molecule has 0 aliphatic rings. The summed E-state index contributed by atoms with van der Waals surface area (Å²) in [6.45, 7) is 0.802. The first-order valence-electron chi connectivity index (χ1n) is 10.4. The first kappa shape index (κ1) is 20.9. The van der Waals surface area contributed by atoms with Crippen LogP contribution in [0, 0.1) is 0 Å². The second kappa shape index (κ2) is 9.67. The van der Waals surface area contributed by atoms with Gasteiger partial charge in [-0.15, -0.1) is 10.2 Å². The lowest BCUT2D eigenvalue weighted by molar-refractivity contribution is 0.595. The minimum Gasteiger partial charge on any atom is -0.348 e. The molecule has 0 atom stereocenters. The molecule has 3 aromatic heterocycles. The third-order valence-corrected chi connectivity index (χ3v) is 6.72. The van der Waals surface area contributed by atoms with E-state index in [2.05, 4.69) is 71.0 Å². The fourth-order valence-electron chi connectivity index (χ4n) is 3.60. The SMILES string of the molecule is Brc1cccc(CSc2nnc(-c3ccc4ccccc4n3)n2CCCc2cnc[nH]2)c1. The van der Waals surface area contributed by atoms with E-state index in [-0.39, 0.29) is 0 Å². The molecule has 0 saturated heterocycles. The summed E-state index contributed by atoms with van der Waals surface area (Å²) in [5, 5.41) is 11.1. The highest BCUT2D eigenvalue weighted by Gasteiger charge is 2.16. The van der Waals surface area contributed by atoms with Gasteiger partial charge in [0, 0.05) is 34.0 Å². The smallest absolute Gasteiger partial charge is 0.191 e. The minimum atomic E-state index is 0.802. The van der Waals surface area contributed by atoms with Gasteiger partial charge in [-0.1, -0.05) is 64.1 Å². The summed E-state index contributed by atoms with van der Waals surface area (Å²) in [4.78, 5) is 12.1. The van der Waals surface area contributed by atoms with Crippen LogP contribution in [0.3, 0.4) is 0 Å². The number of hydrogen-bond donors (Lipinski definition) is 1. The maximum Gasteiger partial charge on any atom is 0.191 e. The van der Waals surface area contributed by atoms with E-state index in [1.54, 1.807) is 18.1 Å². The van der Waals surface area contributed by atoms with Crippen molar-refractivity contribution in [2.24, 2.45) is 0 Å². The number of aryl methyl sites for hydroxylation is 1. The number of nitrogens with one attached hydrogen (secondary N) is 1. The summed E-state index contributed by atoms with van der Waals surface area (Å²) in [5.41, 5.74) is 4.17. The third-order valence-electron chi connectivity index (χ3n) is 5.18. The molecule has 0 aliphatic carbocycles. The Bertz CT molecular complexity index is 1330. The molecule has 1 N–H and O–H groups in total. The number of pyridine rings is 1. The average Bonchev–Trinajstić information content (AvgIpc) is 3.48. The standard InChI is InChI=1S/C24H21BrN6S/c25-19-7-3-5-17(13-19)15-32-24-30-29-23(31(24)12-4-8-20-14-26-16-27-20)22-11-10-18-6-1-2-9-21(18)28-22/h1-3,5-7,9-11,13-14,16H,4,8,12,15H2,(H,26,27). The normalized spacial score (nSPS) is 11.3. The van der Waals surface area contributed by atoms with E-state index in [9.17, 15) is 0 Å². The Kier molecular flexibility index (Phi) is 6.31. The van der Waals surface area contributed by atoms with Gasteiger partial charge in [0.25, 0.3) is 0 Å². The number of halogens is 1. The van der Waals surface area contributed by atoms with Gasteiger partial charge in [-0.2, -0.15) is 0 Å². The summed E-state index contributed by atoms with van der Waals surface area (Å²) in [6, 6.07) is 20.6. The van der Waals surface area contributed by atoms with E-state index in [0.29, 0.717) is 0 Å². The Labute approximate surface area is 198 Å². The van der Waals surface area contributed by atoms with Crippen LogP contribution < -0.4 is 0 Å². The topological polar surface area (TPSA) is 72.3 Å². The van der Waals surface area contributed by atoms with Gasteiger partial charge in [-0.3, -0.25) is 0 Å². The Hall–Kier alpha value is -2.97. The minimum absolute atomic E-state index is 0.802. The molecule has 6 nitrogen and oxygen atoms in total. The number of aromatic nitrogens is 6. The van der Waals surface area contributed by atoms with Crippen LogP contribution in [0.4, 0.5) is 0 Å². The van der Waals surface area contributed by atoms with Gasteiger partial charge in [0.2, 0.25) is 0 Å². The van der Waals surface area contributed by atoms with Crippen LogP contribution in [0.15, 0.2) is 82.8 Å². The predicted molar refractivity (Wildman–Crippen MR) is 131 cm³/mol. The van der Waals surface area contributed by atoms with Crippen molar-refractivity contribution in [1.29, 1.82) is 0 Å². The number of thioether (sulfide) groups is 1. The van der Waals surface area contributed by atoms with Crippen LogP contribution in [0.5, 0.6) is 0 Å². The summed E-state index contributed by atoms with van der Waals surface area (Å²) < 4.78 is 3.27. The van der Waals surface area contributed by atoms with Crippen molar-refractivity contribution >= 4 is 38.6 Å². The average molecular weight is 505 g/mol. The van der Waals surface area contributed by atoms with E-state index in [0.717, 1.165) is 62.9 Å². The van der Waals surface area contributed by atoms with Gasteiger partial charge in [0.1, 0.15) is 5.69 Å². The van der Waals surface area contributed by atoms with Gasteiger partial charge in [0.15, 0.2) is 11.0 Å². The zero-order chi connectivity index (χ0) is 21.8. The highest BCUT2D eigenvalue weighted by atomic mass is 79.9. The monoisotopic (exact) mass is 504 g/mol. The third kappa shape index (κ3) is 4.76. The molecule has 8 heteroatoms. The van der Waals surface area contributed by atoms with Crippen molar-refractivity contribution in [3.63, 3.8) is 0 Å². The molecule has 32 heavy (non-hydrogen) atoms. The molecule has 0 radical (unpaired) electrons. The molecule has 5 rings (SSSR count). The van der Waals surface area contributed by atoms with Gasteiger partial charge in [-0.05, 0) is 42.7 Å². The fraction of sp³-hybridized carbons (Fsp3) is 0.167. The van der Waals surface area contributed by atoms with Gasteiger partial charge in [-0.25, -0.2) is 9.97 Å². The van der Waals surface area contributed by atoms with Gasteiger partial charge < -0.3 is 9.55 Å². The maximum atomic E-state index is 4.85. The molecule has 5 aromatic rings. The van der Waals surface area contributed by atoms with Crippen LogP contribution in [0.1, 0.15) is 17.7 Å². The maximum absolute atomic E-state index is 4.85. The molecule has 0 spiro atoms. The molecule has 160 valence electrons. The van der Waals surface area contributed by atoms with Gasteiger partial charge in [0.05, 0.1) is 11.8 Å². The molecule has 0 fully saturated rings. The number of fused-ring (bicyclic) bond motifs is 1. The zero-order valence-corrected chi connectivity index (χ0v) is 19.7. The van der Waals surface area contributed by atoms with Crippen molar-refractivity contribution in [2.75, 3.05) is 0 Å². The molecule has 0 unspecified atom stereocenters. The van der Waals surface area contributed by atoms with Crippen LogP contribution in [-0.2, 0) is 18.7 Å². The zero-order valence-electron chi connectivity index (χ0n) is 17.3. The summed E-state index contributed by atoms with van der Waals surface area (Å²) in [6.07, 6.45) is 5.46. The van der Waals surface area contributed by atoms with E-state index in [1.165, 1.54) is 5.56 Å². The number of H-pyrrole nitrogens is 1. The molecule has 0 bridgehead atoms. The Morgan fingerprint density at radius 2 is 1.94 bits per heavy atom. The van der Waals surface area contributed by atoms with Crippen molar-refractivity contribution < 1.29 is 0 Å². The Morgan fingerprint density at radius 3 is 2.81 bits per heavy atom. The summed E-state index contributed by atoms with van der Waals surface area (Å²) >= 11 is 5.25. The molecule has 0 amide bonds. The lowest BCUT2D eigenvalue weighted by Crippen LogP contribution is -2.05. The Balaban J connectivity index is 1.43. The predicted octanol–water partition coefficient (Wildman–Crippen LogP) is 5.90. The summed E-state index contributed by atoms with van der Waals surface area (Å²) in [5.74, 6) is 1.63. The highest BCUT2D eigenvalue weighted by Crippen LogP contribution is 2.28. The lowest BCUT2D eigenvalue weighted by atomic mass is 10.2. The van der Waals surface area contributed by atoms with Crippen molar-refractivity contribution in [2.45, 2.75) is 30.3 Å². The fourth-order valence-corrected chi connectivity index (χ4v) is 4.95. The number of hydrogen-bond acceptors (Lipinski definition) is 5. The molecule has 3 heterocycles. The number of aromatic amines is 1. The molecule has 0 saturated carbocycles. The van der Waals surface area contributed by atoms with Crippen molar-refractivity contribution in [3.05, 3.63) is 88.9 Å². The number of para-hydroxylation sites is 1. The van der Waals surface area contributed by atoms with Crippen LogP contribution in [-0.4, -0.2) is 29.7 Å². The van der Waals surface area contributed by atoms with Crippen LogP contribution in [0.25, 0.3) is 22.4 Å². The van der Waals surface area contributed by atoms with E-state index < -0.39 is 0 Å². The number of imidazole rings is 1. The van der Waals surface area contributed by atoms with E-state index in [4.69, 9.17) is 4.98 Å². The van der Waals surface area contributed by atoms with Gasteiger partial charge >= 0.3 is 0 Å². The van der Waals surface area contributed by atoms with Crippen molar-refractivity contribution in [1.82, 2.24) is 29.7 Å². The highest BCUT2D eigenvalue weighted by molar-refractivity contribution is 9.10. The second-order valence-corrected chi connectivity index (χ2v) is 9.30. The molecule has 0 aliphatic heterocycles. The second-order valence-electron chi connectivity index (χ2n) is 7.45. The largest absolute Gasteiger partial charge is 0.348 e. The number of rotatable bonds is 8. The quantitative estimate of drug-likeness (QED) is 0.266. The van der Waals surface area contributed by atoms with Crippen LogP contribution in [0.2, 0.25) is 0 Å². The lowest BCUT2D eigenvalue weighted by Gasteiger charge is -2.10. The molecular weight excluding hydrogens is 484 g/mol. The number of benzene rings is 2. The Morgan fingerprint density at radius 1 is 1.00 bits per heavy atom. The molecule has 2 aromatic carbocycles. The van der Waals surface area contributed by atoms with Crippen molar-refractivity contribution in [3.8, 4) is 11.5 Å². The molecular formula is C24H21BrN6S. The van der Waals surface area contributed by atoms with E-state index in [1.807, 2.05) is 36.5 Å². The van der Waals surface area contributed by atoms with E-state index >= 15 is 0 Å². The first-order chi connectivity index (χ1) is 15.8. The number of nitrogens with zero attached hydrogens (tertiary/aromatic N) is 5. The summed E-state index contributed by atoms with van der Waals surface area (Å²) in [7, 11) is 0. The first-order valence-corrected chi connectivity index (χ1v) is 12.2.